The summed E-state index contributed by atoms with van der Waals surface area (Å²) < 4.78 is 0. The third kappa shape index (κ3) is 1.41. The summed E-state index contributed by atoms with van der Waals surface area (Å²) in [6.45, 7) is 4.17. The fourth-order valence-corrected chi connectivity index (χ4v) is 2.02. The molecule has 0 aromatic heterocycles. The quantitative estimate of drug-likeness (QED) is 0.761. The fraction of sp³-hybridized carbons (Fsp3) is 0.417. The van der Waals surface area contributed by atoms with Gasteiger partial charge in [-0.15, -0.1) is 0 Å². The summed E-state index contributed by atoms with van der Waals surface area (Å²) in [6.07, 6.45) is 1.99. The summed E-state index contributed by atoms with van der Waals surface area (Å²) in [5, 5.41) is 2.92. The molecule has 1 aliphatic rings. The monoisotopic (exact) mass is 189 g/mol. The van der Waals surface area contributed by atoms with Gasteiger partial charge in [0.05, 0.1) is 5.92 Å². The van der Waals surface area contributed by atoms with Crippen LogP contribution >= 0.6 is 0 Å². The molecule has 2 heteroatoms. The van der Waals surface area contributed by atoms with Crippen LogP contribution in [0, 0.1) is 6.92 Å². The highest BCUT2D eigenvalue weighted by molar-refractivity contribution is 6.02. The van der Waals surface area contributed by atoms with E-state index in [9.17, 15) is 4.79 Å². The van der Waals surface area contributed by atoms with Crippen LogP contribution in [0.4, 0.5) is 5.69 Å². The maximum absolute atomic E-state index is 11.6. The first-order valence-corrected chi connectivity index (χ1v) is 5.13. The molecule has 0 spiro atoms. The maximum atomic E-state index is 11.6. The lowest BCUT2D eigenvalue weighted by Crippen LogP contribution is -2.11. The first-order chi connectivity index (χ1) is 6.72. The largest absolute Gasteiger partial charge is 0.325 e. The van der Waals surface area contributed by atoms with E-state index in [4.69, 9.17) is 0 Å². The minimum absolute atomic E-state index is 0.0786. The van der Waals surface area contributed by atoms with E-state index in [-0.39, 0.29) is 11.8 Å². The third-order valence-corrected chi connectivity index (χ3v) is 2.73. The standard InChI is InChI=1S/C12H15NO/c1-3-4-9-10-7-8(2)5-6-11(10)13-12(9)14/h5-7,9H,3-4H2,1-2H3,(H,13,14). The number of carbonyl (C=O) groups excluding carboxylic acids is 1. The first kappa shape index (κ1) is 9.25. The topological polar surface area (TPSA) is 29.1 Å². The van der Waals surface area contributed by atoms with E-state index in [2.05, 4.69) is 25.2 Å². The first-order valence-electron chi connectivity index (χ1n) is 5.13. The van der Waals surface area contributed by atoms with Crippen LogP contribution in [0.3, 0.4) is 0 Å². The van der Waals surface area contributed by atoms with E-state index < -0.39 is 0 Å². The molecule has 1 aromatic carbocycles. The Labute approximate surface area is 84.3 Å². The maximum Gasteiger partial charge on any atom is 0.232 e. The van der Waals surface area contributed by atoms with Crippen molar-refractivity contribution in [3.05, 3.63) is 29.3 Å². The van der Waals surface area contributed by atoms with Crippen molar-refractivity contribution in [3.8, 4) is 0 Å². The smallest absolute Gasteiger partial charge is 0.232 e. The van der Waals surface area contributed by atoms with Crippen molar-refractivity contribution in [2.45, 2.75) is 32.6 Å². The van der Waals surface area contributed by atoms with Crippen molar-refractivity contribution >= 4 is 11.6 Å². The lowest BCUT2D eigenvalue weighted by Gasteiger charge is -2.06. The number of rotatable bonds is 2. The van der Waals surface area contributed by atoms with Crippen molar-refractivity contribution in [1.82, 2.24) is 0 Å². The second-order valence-electron chi connectivity index (χ2n) is 3.92. The Morgan fingerprint density at radius 1 is 1.43 bits per heavy atom. The third-order valence-electron chi connectivity index (χ3n) is 2.73. The Morgan fingerprint density at radius 3 is 2.93 bits per heavy atom. The summed E-state index contributed by atoms with van der Waals surface area (Å²) in [5.41, 5.74) is 3.40. The van der Waals surface area contributed by atoms with Crippen LogP contribution in [0.25, 0.3) is 0 Å². The van der Waals surface area contributed by atoms with E-state index >= 15 is 0 Å². The minimum Gasteiger partial charge on any atom is -0.325 e. The molecule has 2 rings (SSSR count). The molecule has 0 aliphatic carbocycles. The number of amides is 1. The molecule has 0 fully saturated rings. The molecule has 1 aromatic rings. The molecule has 1 N–H and O–H groups in total. The number of hydrogen-bond donors (Lipinski definition) is 1. The molecular weight excluding hydrogens is 174 g/mol. The zero-order valence-electron chi connectivity index (χ0n) is 8.63. The van der Waals surface area contributed by atoms with Crippen molar-refractivity contribution in [2.75, 3.05) is 5.32 Å². The Kier molecular flexibility index (Phi) is 2.28. The Bertz CT molecular complexity index is 371. The number of benzene rings is 1. The van der Waals surface area contributed by atoms with Crippen molar-refractivity contribution in [1.29, 1.82) is 0 Å². The van der Waals surface area contributed by atoms with E-state index in [0.717, 1.165) is 18.5 Å². The van der Waals surface area contributed by atoms with E-state index in [1.54, 1.807) is 0 Å². The zero-order chi connectivity index (χ0) is 10.1. The fourth-order valence-electron chi connectivity index (χ4n) is 2.02. The van der Waals surface area contributed by atoms with Gasteiger partial charge in [-0.05, 0) is 25.0 Å². The van der Waals surface area contributed by atoms with Gasteiger partial charge in [-0.2, -0.15) is 0 Å². The molecule has 14 heavy (non-hydrogen) atoms. The molecule has 2 nitrogen and oxygen atoms in total. The molecule has 74 valence electrons. The summed E-state index contributed by atoms with van der Waals surface area (Å²) >= 11 is 0. The van der Waals surface area contributed by atoms with Gasteiger partial charge in [0, 0.05) is 5.69 Å². The molecule has 1 unspecified atom stereocenters. The van der Waals surface area contributed by atoms with Gasteiger partial charge >= 0.3 is 0 Å². The lowest BCUT2D eigenvalue weighted by molar-refractivity contribution is -0.117. The van der Waals surface area contributed by atoms with Crippen LogP contribution in [0.15, 0.2) is 18.2 Å². The van der Waals surface area contributed by atoms with Crippen LogP contribution in [-0.4, -0.2) is 5.91 Å². The van der Waals surface area contributed by atoms with Gasteiger partial charge in [0.25, 0.3) is 0 Å². The summed E-state index contributed by atoms with van der Waals surface area (Å²) in [6, 6.07) is 6.15. The van der Waals surface area contributed by atoms with Gasteiger partial charge in [-0.3, -0.25) is 4.79 Å². The second kappa shape index (κ2) is 3.45. The zero-order valence-corrected chi connectivity index (χ0v) is 8.63. The molecule has 1 atom stereocenters. The summed E-state index contributed by atoms with van der Waals surface area (Å²) in [5.74, 6) is 0.238. The molecule has 0 radical (unpaired) electrons. The Hall–Kier alpha value is -1.31. The minimum atomic E-state index is 0.0786. The molecular formula is C12H15NO. The van der Waals surface area contributed by atoms with E-state index in [0.29, 0.717) is 0 Å². The highest BCUT2D eigenvalue weighted by Crippen LogP contribution is 2.35. The van der Waals surface area contributed by atoms with E-state index in [1.165, 1.54) is 11.1 Å². The molecule has 1 heterocycles. The van der Waals surface area contributed by atoms with Gasteiger partial charge < -0.3 is 5.32 Å². The van der Waals surface area contributed by atoms with Crippen molar-refractivity contribution in [2.24, 2.45) is 0 Å². The van der Waals surface area contributed by atoms with Gasteiger partial charge in [0.15, 0.2) is 0 Å². The molecule has 0 saturated heterocycles. The lowest BCUT2D eigenvalue weighted by atomic mass is 9.95. The van der Waals surface area contributed by atoms with Crippen LogP contribution in [0.5, 0.6) is 0 Å². The number of fused-ring (bicyclic) bond motifs is 1. The average molecular weight is 189 g/mol. The molecule has 0 saturated carbocycles. The van der Waals surface area contributed by atoms with Crippen LogP contribution in [-0.2, 0) is 4.79 Å². The number of nitrogens with one attached hydrogen (secondary N) is 1. The predicted octanol–water partition coefficient (Wildman–Crippen LogP) is 2.83. The highest BCUT2D eigenvalue weighted by atomic mass is 16.2. The van der Waals surface area contributed by atoms with Crippen LogP contribution < -0.4 is 5.32 Å². The molecule has 0 bridgehead atoms. The van der Waals surface area contributed by atoms with Crippen molar-refractivity contribution in [3.63, 3.8) is 0 Å². The second-order valence-corrected chi connectivity index (χ2v) is 3.92. The summed E-state index contributed by atoms with van der Waals surface area (Å²) in [7, 11) is 0. The van der Waals surface area contributed by atoms with Crippen LogP contribution in [0.1, 0.15) is 36.8 Å². The Morgan fingerprint density at radius 2 is 2.21 bits per heavy atom. The number of carbonyl (C=O) groups is 1. The SMILES string of the molecule is CCCC1C(=O)Nc2ccc(C)cc21. The highest BCUT2D eigenvalue weighted by Gasteiger charge is 2.29. The van der Waals surface area contributed by atoms with Gasteiger partial charge in [0.1, 0.15) is 0 Å². The average Bonchev–Trinajstić information content (AvgIpc) is 2.45. The van der Waals surface area contributed by atoms with Gasteiger partial charge in [0.2, 0.25) is 5.91 Å². The Balaban J connectivity index is 2.39. The van der Waals surface area contributed by atoms with Crippen LogP contribution in [0.2, 0.25) is 0 Å². The summed E-state index contributed by atoms with van der Waals surface area (Å²) in [4.78, 5) is 11.6. The number of hydrogen-bond acceptors (Lipinski definition) is 1. The number of anilines is 1. The normalized spacial score (nSPS) is 19.3. The van der Waals surface area contributed by atoms with Gasteiger partial charge in [-0.25, -0.2) is 0 Å². The predicted molar refractivity (Wildman–Crippen MR) is 57.5 cm³/mol. The van der Waals surface area contributed by atoms with Gasteiger partial charge in [-0.1, -0.05) is 31.0 Å². The molecule has 1 amide bonds. The number of aryl methyl sites for hydroxylation is 1. The van der Waals surface area contributed by atoms with E-state index in [1.807, 2.05) is 12.1 Å². The van der Waals surface area contributed by atoms with Crippen molar-refractivity contribution < 1.29 is 4.79 Å². The molecule has 1 aliphatic heterocycles.